The number of aliphatic imine (C=N–C) groups is 1. The van der Waals surface area contributed by atoms with Gasteiger partial charge in [0.05, 0.1) is 5.70 Å². The first-order valence-corrected chi connectivity index (χ1v) is 3.31. The summed E-state index contributed by atoms with van der Waals surface area (Å²) >= 11 is 3.23. The van der Waals surface area contributed by atoms with E-state index in [0.29, 0.717) is 0 Å². The molecule has 0 spiro atoms. The summed E-state index contributed by atoms with van der Waals surface area (Å²) in [6, 6.07) is 0. The number of hydrogen-bond donors (Lipinski definition) is 0. The lowest BCUT2D eigenvalue weighted by molar-refractivity contribution is 1.35. The van der Waals surface area contributed by atoms with Gasteiger partial charge in [0, 0.05) is 5.33 Å². The lowest BCUT2D eigenvalue weighted by atomic mass is 10.4. The molecule has 0 bridgehead atoms. The highest BCUT2D eigenvalue weighted by Crippen LogP contribution is 1.98. The number of nitrogens with zero attached hydrogens (tertiary/aromatic N) is 1. The van der Waals surface area contributed by atoms with Crippen molar-refractivity contribution in [2.24, 2.45) is 4.99 Å². The van der Waals surface area contributed by atoms with Gasteiger partial charge in [0.15, 0.2) is 0 Å². The molecule has 0 unspecified atom stereocenters. The van der Waals surface area contributed by atoms with Crippen molar-refractivity contribution >= 4 is 22.6 Å². The Hall–Kier alpha value is -0.370. The Kier molecular flexibility index (Phi) is 4.56. The molecule has 0 saturated heterocycles. The Morgan fingerprint density at radius 2 is 2.38 bits per heavy atom. The molecule has 1 nitrogen and oxygen atoms in total. The Labute approximate surface area is 57.9 Å². The van der Waals surface area contributed by atoms with Gasteiger partial charge in [-0.05, 0) is 12.8 Å². The van der Waals surface area contributed by atoms with Crippen LogP contribution in [0.2, 0.25) is 0 Å². The number of rotatable bonds is 3. The first kappa shape index (κ1) is 7.63. The smallest absolute Gasteiger partial charge is 0.0501 e. The van der Waals surface area contributed by atoms with Crippen LogP contribution in [0.5, 0.6) is 0 Å². The summed E-state index contributed by atoms with van der Waals surface area (Å²) in [5, 5.41) is 0.739. The fraction of sp³-hybridized carbons (Fsp3) is 0.167. The van der Waals surface area contributed by atoms with Crippen LogP contribution in [0.4, 0.5) is 0 Å². The zero-order valence-corrected chi connectivity index (χ0v) is 6.19. The summed E-state index contributed by atoms with van der Waals surface area (Å²) in [7, 11) is 0. The van der Waals surface area contributed by atoms with Crippen molar-refractivity contribution in [1.82, 2.24) is 0 Å². The van der Waals surface area contributed by atoms with E-state index < -0.39 is 0 Å². The van der Waals surface area contributed by atoms with E-state index in [1.165, 1.54) is 0 Å². The van der Waals surface area contributed by atoms with E-state index in [1.807, 2.05) is 6.08 Å². The normalized spacial score (nSPS) is 10.9. The molecular formula is C6H8BrN. The largest absolute Gasteiger partial charge is 0.268 e. The molecule has 0 heterocycles. The molecule has 0 aromatic carbocycles. The second kappa shape index (κ2) is 4.78. The zero-order chi connectivity index (χ0) is 6.41. The molecule has 0 rings (SSSR count). The second-order valence-electron chi connectivity index (χ2n) is 1.19. The first-order chi connectivity index (χ1) is 3.85. The van der Waals surface area contributed by atoms with Gasteiger partial charge >= 0.3 is 0 Å². The highest BCUT2D eigenvalue weighted by Gasteiger charge is 1.82. The lowest BCUT2D eigenvalue weighted by Gasteiger charge is -1.87. The highest BCUT2D eigenvalue weighted by molar-refractivity contribution is 9.09. The maximum atomic E-state index is 3.69. The van der Waals surface area contributed by atoms with Gasteiger partial charge in [-0.2, -0.15) is 0 Å². The minimum atomic E-state index is 0.739. The number of halogens is 1. The molecular weight excluding hydrogens is 166 g/mol. The van der Waals surface area contributed by atoms with Gasteiger partial charge in [-0.3, -0.25) is 4.99 Å². The number of allylic oxidation sites excluding steroid dienone is 3. The van der Waals surface area contributed by atoms with Gasteiger partial charge in [-0.15, -0.1) is 0 Å². The Morgan fingerprint density at radius 1 is 1.75 bits per heavy atom. The summed E-state index contributed by atoms with van der Waals surface area (Å²) in [4.78, 5) is 3.69. The van der Waals surface area contributed by atoms with Crippen LogP contribution in [0.3, 0.4) is 0 Å². The van der Waals surface area contributed by atoms with Gasteiger partial charge in [-0.1, -0.05) is 28.6 Å². The highest BCUT2D eigenvalue weighted by atomic mass is 79.9. The molecule has 0 atom stereocenters. The molecule has 8 heavy (non-hydrogen) atoms. The minimum Gasteiger partial charge on any atom is -0.268 e. The molecule has 0 aliphatic rings. The van der Waals surface area contributed by atoms with Crippen LogP contribution in [-0.2, 0) is 0 Å². The van der Waals surface area contributed by atoms with Crippen molar-refractivity contribution < 1.29 is 0 Å². The molecule has 0 aliphatic heterocycles. The van der Waals surface area contributed by atoms with E-state index in [-0.39, 0.29) is 0 Å². The number of alkyl halides is 1. The molecule has 44 valence electrons. The monoisotopic (exact) mass is 173 g/mol. The van der Waals surface area contributed by atoms with Gasteiger partial charge < -0.3 is 0 Å². The van der Waals surface area contributed by atoms with Crippen LogP contribution in [0.1, 0.15) is 0 Å². The lowest BCUT2D eigenvalue weighted by Crippen LogP contribution is -1.74. The van der Waals surface area contributed by atoms with E-state index in [2.05, 4.69) is 34.2 Å². The Morgan fingerprint density at radius 3 is 2.50 bits per heavy atom. The van der Waals surface area contributed by atoms with Crippen LogP contribution >= 0.6 is 15.9 Å². The molecule has 2 heteroatoms. The van der Waals surface area contributed by atoms with E-state index >= 15 is 0 Å². The van der Waals surface area contributed by atoms with Gasteiger partial charge in [0.2, 0.25) is 0 Å². The van der Waals surface area contributed by atoms with Gasteiger partial charge in [0.1, 0.15) is 0 Å². The van der Waals surface area contributed by atoms with Crippen LogP contribution < -0.4 is 0 Å². The Bertz CT molecular complexity index is 116. The summed E-state index contributed by atoms with van der Waals surface area (Å²) in [6.07, 6.45) is 3.49. The van der Waals surface area contributed by atoms with E-state index in [1.54, 1.807) is 6.08 Å². The van der Waals surface area contributed by atoms with Crippen molar-refractivity contribution in [3.05, 3.63) is 24.4 Å². The average Bonchev–Trinajstić information content (AvgIpc) is 1.83. The Balaban J connectivity index is 3.84. The second-order valence-corrected chi connectivity index (χ2v) is 1.75. The van der Waals surface area contributed by atoms with Crippen LogP contribution in [0.25, 0.3) is 0 Å². The molecule has 0 N–H and O–H groups in total. The summed E-state index contributed by atoms with van der Waals surface area (Å²) < 4.78 is 0. The van der Waals surface area contributed by atoms with E-state index in [9.17, 15) is 0 Å². The van der Waals surface area contributed by atoms with Crippen molar-refractivity contribution in [1.29, 1.82) is 0 Å². The predicted molar refractivity (Wildman–Crippen MR) is 41.6 cm³/mol. The van der Waals surface area contributed by atoms with E-state index in [0.717, 1.165) is 11.0 Å². The van der Waals surface area contributed by atoms with Crippen molar-refractivity contribution in [3.8, 4) is 0 Å². The predicted octanol–water partition coefficient (Wildman–Crippen LogP) is 2.15. The average molecular weight is 174 g/mol. The van der Waals surface area contributed by atoms with Crippen LogP contribution in [0, 0.1) is 0 Å². The fourth-order valence-corrected chi connectivity index (χ4v) is 0.640. The van der Waals surface area contributed by atoms with E-state index in [4.69, 9.17) is 0 Å². The molecule has 0 amide bonds. The third-order valence-electron chi connectivity index (χ3n) is 0.650. The van der Waals surface area contributed by atoms with Gasteiger partial charge in [-0.25, -0.2) is 0 Å². The quantitative estimate of drug-likeness (QED) is 0.353. The third-order valence-corrected chi connectivity index (χ3v) is 1.22. The topological polar surface area (TPSA) is 12.4 Å². The molecule has 0 aliphatic carbocycles. The maximum Gasteiger partial charge on any atom is 0.0501 e. The molecule has 0 saturated carbocycles. The minimum absolute atomic E-state index is 0.739. The maximum absolute atomic E-state index is 3.69. The van der Waals surface area contributed by atoms with Crippen LogP contribution in [0.15, 0.2) is 29.4 Å². The van der Waals surface area contributed by atoms with Crippen molar-refractivity contribution in [3.63, 3.8) is 0 Å². The van der Waals surface area contributed by atoms with Crippen molar-refractivity contribution in [2.75, 3.05) is 5.33 Å². The zero-order valence-electron chi connectivity index (χ0n) is 4.60. The SMILES string of the molecule is C=C/C=C(/CBr)N=C. The molecule has 0 aromatic rings. The van der Waals surface area contributed by atoms with Crippen molar-refractivity contribution in [2.45, 2.75) is 0 Å². The fourth-order valence-electron chi connectivity index (χ4n) is 0.276. The first-order valence-electron chi connectivity index (χ1n) is 2.19. The summed E-state index contributed by atoms with van der Waals surface area (Å²) in [6.45, 7) is 6.87. The summed E-state index contributed by atoms with van der Waals surface area (Å²) in [5.74, 6) is 0. The number of hydrogen-bond acceptors (Lipinski definition) is 1. The van der Waals surface area contributed by atoms with Gasteiger partial charge in [0.25, 0.3) is 0 Å². The molecule has 0 fully saturated rings. The molecule has 0 aromatic heterocycles. The third kappa shape index (κ3) is 2.75. The molecule has 0 radical (unpaired) electrons. The standard InChI is InChI=1S/C6H8BrN/c1-3-4-6(5-7)8-2/h3-4H,1-2,5H2/b6-4-. The van der Waals surface area contributed by atoms with Crippen LogP contribution in [-0.4, -0.2) is 12.0 Å². The summed E-state index contributed by atoms with van der Waals surface area (Å²) in [5.41, 5.74) is 0.903.